The summed E-state index contributed by atoms with van der Waals surface area (Å²) in [6, 6.07) is 17.3. The van der Waals surface area contributed by atoms with Gasteiger partial charge in [-0.2, -0.15) is 5.26 Å². The van der Waals surface area contributed by atoms with Crippen LogP contribution in [0.15, 0.2) is 46.9 Å². The molecule has 1 atom stereocenters. The van der Waals surface area contributed by atoms with Crippen molar-refractivity contribution in [3.05, 3.63) is 63.6 Å². The van der Waals surface area contributed by atoms with E-state index in [1.54, 1.807) is 0 Å². The number of allylic oxidation sites excluding steroid dienone is 1. The number of nitrogens with zero attached hydrogens (tertiary/aromatic N) is 2. The van der Waals surface area contributed by atoms with Crippen LogP contribution in [-0.2, 0) is 0 Å². The van der Waals surface area contributed by atoms with Gasteiger partial charge >= 0.3 is 0 Å². The van der Waals surface area contributed by atoms with Crippen molar-refractivity contribution in [2.24, 2.45) is 0 Å². The first-order valence-electron chi connectivity index (χ1n) is 9.54. The molecule has 0 N–H and O–H groups in total. The van der Waals surface area contributed by atoms with Crippen LogP contribution in [0.3, 0.4) is 0 Å². The van der Waals surface area contributed by atoms with Crippen LogP contribution < -0.4 is 4.90 Å². The third-order valence-corrected chi connectivity index (χ3v) is 5.88. The summed E-state index contributed by atoms with van der Waals surface area (Å²) in [6.45, 7) is 11.5. The van der Waals surface area contributed by atoms with Gasteiger partial charge in [-0.15, -0.1) is 0 Å². The Hall–Kier alpha value is -2.05. The molecule has 1 aliphatic rings. The molecule has 0 saturated carbocycles. The monoisotopic (exact) mass is 422 g/mol. The second kappa shape index (κ2) is 7.52. The molecule has 1 unspecified atom stereocenters. The summed E-state index contributed by atoms with van der Waals surface area (Å²) in [6.07, 6.45) is 3.12. The molecular weight excluding hydrogens is 396 g/mol. The SMILES string of the molecule is CC1CC(C)(C)N(C(C)C)c2ccc(/C=C(/C#N)c3cccc(Br)c3)cc21. The Morgan fingerprint density at radius 1 is 1.26 bits per heavy atom. The third kappa shape index (κ3) is 3.96. The Morgan fingerprint density at radius 3 is 2.63 bits per heavy atom. The first kappa shape index (κ1) is 19.7. The molecule has 0 radical (unpaired) electrons. The summed E-state index contributed by atoms with van der Waals surface area (Å²) in [5.41, 5.74) is 5.55. The van der Waals surface area contributed by atoms with E-state index in [1.165, 1.54) is 11.3 Å². The van der Waals surface area contributed by atoms with Gasteiger partial charge in [0.1, 0.15) is 0 Å². The highest BCUT2D eigenvalue weighted by Crippen LogP contribution is 2.44. The number of halogens is 1. The summed E-state index contributed by atoms with van der Waals surface area (Å²) in [7, 11) is 0. The van der Waals surface area contributed by atoms with Crippen molar-refractivity contribution in [3.8, 4) is 6.07 Å². The zero-order chi connectivity index (χ0) is 19.8. The molecule has 0 fully saturated rings. The molecule has 2 nitrogen and oxygen atoms in total. The highest BCUT2D eigenvalue weighted by molar-refractivity contribution is 9.10. The third-order valence-electron chi connectivity index (χ3n) is 5.38. The minimum atomic E-state index is 0.145. The molecule has 2 aromatic carbocycles. The van der Waals surface area contributed by atoms with Gasteiger partial charge < -0.3 is 4.90 Å². The molecule has 0 aromatic heterocycles. The molecule has 3 rings (SSSR count). The van der Waals surface area contributed by atoms with Gasteiger partial charge in [0.2, 0.25) is 0 Å². The number of fused-ring (bicyclic) bond motifs is 1. The lowest BCUT2D eigenvalue weighted by Gasteiger charge is -2.50. The fourth-order valence-corrected chi connectivity index (χ4v) is 4.94. The number of rotatable bonds is 3. The Kier molecular flexibility index (Phi) is 5.49. The van der Waals surface area contributed by atoms with Gasteiger partial charge in [0.25, 0.3) is 0 Å². The standard InChI is InChI=1S/C24H27BrN2/c1-16(2)27-23-10-9-18(12-22(23)17(3)14-24(27,4)5)11-20(15-26)19-7-6-8-21(25)13-19/h6-13,16-17H,14H2,1-5H3/b20-11-. The maximum absolute atomic E-state index is 9.66. The zero-order valence-corrected chi connectivity index (χ0v) is 18.3. The molecule has 1 heterocycles. The normalized spacial score (nSPS) is 19.0. The Morgan fingerprint density at radius 2 is 2.00 bits per heavy atom. The zero-order valence-electron chi connectivity index (χ0n) is 16.8. The second-order valence-electron chi connectivity index (χ2n) is 8.38. The molecule has 0 bridgehead atoms. The lowest BCUT2D eigenvalue weighted by Crippen LogP contribution is -2.51. The summed E-state index contributed by atoms with van der Waals surface area (Å²) < 4.78 is 0.981. The molecule has 2 aromatic rings. The van der Waals surface area contributed by atoms with Gasteiger partial charge in [-0.25, -0.2) is 0 Å². The van der Waals surface area contributed by atoms with E-state index in [4.69, 9.17) is 0 Å². The van der Waals surface area contributed by atoms with Crippen molar-refractivity contribution in [1.29, 1.82) is 5.26 Å². The first-order valence-corrected chi connectivity index (χ1v) is 10.3. The molecule has 140 valence electrons. The van der Waals surface area contributed by atoms with Crippen molar-refractivity contribution >= 4 is 33.3 Å². The Balaban J connectivity index is 2.06. The van der Waals surface area contributed by atoms with Gasteiger partial charge in [-0.05, 0) is 87.1 Å². The van der Waals surface area contributed by atoms with Crippen LogP contribution in [-0.4, -0.2) is 11.6 Å². The molecular formula is C24H27BrN2. The van der Waals surface area contributed by atoms with Crippen molar-refractivity contribution in [2.45, 2.75) is 58.5 Å². The average molecular weight is 423 g/mol. The lowest BCUT2D eigenvalue weighted by atomic mass is 9.78. The summed E-state index contributed by atoms with van der Waals surface area (Å²) in [5.74, 6) is 0.495. The summed E-state index contributed by atoms with van der Waals surface area (Å²) in [5, 5.41) is 9.66. The fourth-order valence-electron chi connectivity index (χ4n) is 4.54. The van der Waals surface area contributed by atoms with Gasteiger partial charge in [-0.1, -0.05) is 41.1 Å². The van der Waals surface area contributed by atoms with E-state index in [2.05, 4.69) is 79.7 Å². The quantitative estimate of drug-likeness (QED) is 0.392. The van der Waals surface area contributed by atoms with E-state index in [9.17, 15) is 5.26 Å². The van der Waals surface area contributed by atoms with Gasteiger partial charge in [0.15, 0.2) is 0 Å². The Bertz CT molecular complexity index is 918. The van der Waals surface area contributed by atoms with Crippen LogP contribution in [0.1, 0.15) is 63.6 Å². The molecule has 3 heteroatoms. The Labute approximate surface area is 171 Å². The lowest BCUT2D eigenvalue weighted by molar-refractivity contribution is 0.356. The van der Waals surface area contributed by atoms with Crippen LogP contribution in [0.5, 0.6) is 0 Å². The molecule has 27 heavy (non-hydrogen) atoms. The minimum Gasteiger partial charge on any atom is -0.364 e. The van der Waals surface area contributed by atoms with E-state index in [0.717, 1.165) is 22.0 Å². The van der Waals surface area contributed by atoms with Crippen molar-refractivity contribution in [2.75, 3.05) is 4.90 Å². The highest BCUT2D eigenvalue weighted by atomic mass is 79.9. The second-order valence-corrected chi connectivity index (χ2v) is 9.30. The van der Waals surface area contributed by atoms with E-state index in [0.29, 0.717) is 17.5 Å². The number of benzene rings is 2. The molecule has 0 aliphatic carbocycles. The maximum Gasteiger partial charge on any atom is 0.0998 e. The van der Waals surface area contributed by atoms with Crippen LogP contribution in [0.2, 0.25) is 0 Å². The molecule has 0 amide bonds. The van der Waals surface area contributed by atoms with Gasteiger partial charge in [-0.3, -0.25) is 0 Å². The predicted octanol–water partition coefficient (Wildman–Crippen LogP) is 7.01. The fraction of sp³-hybridized carbons (Fsp3) is 0.375. The first-order chi connectivity index (χ1) is 12.7. The van der Waals surface area contributed by atoms with Crippen molar-refractivity contribution < 1.29 is 0 Å². The smallest absolute Gasteiger partial charge is 0.0998 e. The average Bonchev–Trinajstić information content (AvgIpc) is 2.59. The topological polar surface area (TPSA) is 27.0 Å². The van der Waals surface area contributed by atoms with Crippen LogP contribution in [0, 0.1) is 11.3 Å². The summed E-state index contributed by atoms with van der Waals surface area (Å²) >= 11 is 3.49. The van der Waals surface area contributed by atoms with E-state index < -0.39 is 0 Å². The summed E-state index contributed by atoms with van der Waals surface area (Å²) in [4.78, 5) is 2.54. The molecule has 0 spiro atoms. The molecule has 1 aliphatic heterocycles. The number of anilines is 1. The predicted molar refractivity (Wildman–Crippen MR) is 119 cm³/mol. The molecule has 0 saturated heterocycles. The van der Waals surface area contributed by atoms with Crippen LogP contribution in [0.4, 0.5) is 5.69 Å². The minimum absolute atomic E-state index is 0.145. The van der Waals surface area contributed by atoms with Crippen LogP contribution >= 0.6 is 15.9 Å². The number of hydrogen-bond donors (Lipinski definition) is 0. The van der Waals surface area contributed by atoms with E-state index >= 15 is 0 Å². The highest BCUT2D eigenvalue weighted by Gasteiger charge is 2.37. The van der Waals surface area contributed by atoms with E-state index in [-0.39, 0.29) is 5.54 Å². The van der Waals surface area contributed by atoms with Crippen molar-refractivity contribution in [1.82, 2.24) is 0 Å². The maximum atomic E-state index is 9.66. The van der Waals surface area contributed by atoms with Gasteiger partial charge in [0, 0.05) is 21.7 Å². The number of nitriles is 1. The number of hydrogen-bond acceptors (Lipinski definition) is 2. The largest absolute Gasteiger partial charge is 0.364 e. The van der Waals surface area contributed by atoms with Gasteiger partial charge in [0.05, 0.1) is 11.6 Å². The van der Waals surface area contributed by atoms with E-state index in [1.807, 2.05) is 30.3 Å². The van der Waals surface area contributed by atoms with Crippen LogP contribution in [0.25, 0.3) is 11.6 Å². The van der Waals surface area contributed by atoms with Crippen molar-refractivity contribution in [3.63, 3.8) is 0 Å².